The van der Waals surface area contributed by atoms with Crippen LogP contribution >= 0.6 is 0 Å². The van der Waals surface area contributed by atoms with Crippen LogP contribution in [-0.2, 0) is 6.18 Å². The molecule has 2 fully saturated rings. The number of benzene rings is 2. The number of allylic oxidation sites excluding steroid dienone is 2. The molecule has 5 rings (SSSR count). The van der Waals surface area contributed by atoms with E-state index in [0.717, 1.165) is 55.6 Å². The van der Waals surface area contributed by atoms with Crippen LogP contribution in [0.5, 0.6) is 0 Å². The Morgan fingerprint density at radius 3 is 1.59 bits per heavy atom. The smallest absolute Gasteiger partial charge is 0.206 e. The van der Waals surface area contributed by atoms with E-state index in [1.54, 1.807) is 6.08 Å². The van der Waals surface area contributed by atoms with Crippen molar-refractivity contribution in [3.63, 3.8) is 0 Å². The highest BCUT2D eigenvalue weighted by Gasteiger charge is 2.38. The van der Waals surface area contributed by atoms with Gasteiger partial charge in [0.15, 0.2) is 0 Å². The van der Waals surface area contributed by atoms with E-state index >= 15 is 8.78 Å². The van der Waals surface area contributed by atoms with Gasteiger partial charge in [0.1, 0.15) is 28.8 Å². The van der Waals surface area contributed by atoms with Gasteiger partial charge in [-0.3, -0.25) is 0 Å². The molecule has 2 saturated carbocycles. The second-order valence-electron chi connectivity index (χ2n) is 12.0. The van der Waals surface area contributed by atoms with Crippen LogP contribution in [0.1, 0.15) is 112 Å². The molecule has 0 N–H and O–H groups in total. The number of rotatable bonds is 4. The highest BCUT2D eigenvalue weighted by atomic mass is 19.4. The summed E-state index contributed by atoms with van der Waals surface area (Å²) in [5.74, 6) is -2.48. The zero-order chi connectivity index (χ0) is 27.9. The molecule has 0 saturated heterocycles. The second-order valence-corrected chi connectivity index (χ2v) is 12.0. The Kier molecular flexibility index (Phi) is 8.17. The molecule has 3 aliphatic rings. The summed E-state index contributed by atoms with van der Waals surface area (Å²) < 4.78 is 97.3. The van der Waals surface area contributed by atoms with Crippen LogP contribution < -0.4 is 0 Å². The number of alkyl halides is 3. The Morgan fingerprint density at radius 2 is 1.10 bits per heavy atom. The van der Waals surface area contributed by atoms with Crippen LogP contribution in [0.25, 0.3) is 5.57 Å². The largest absolute Gasteiger partial charge is 0.422 e. The van der Waals surface area contributed by atoms with E-state index in [2.05, 4.69) is 6.92 Å². The maximum absolute atomic E-state index is 15.3. The molecule has 7 heteroatoms. The first-order chi connectivity index (χ1) is 18.5. The summed E-state index contributed by atoms with van der Waals surface area (Å²) in [4.78, 5) is 0. The van der Waals surface area contributed by atoms with E-state index in [4.69, 9.17) is 0 Å². The van der Waals surface area contributed by atoms with Gasteiger partial charge in [-0.1, -0.05) is 25.8 Å². The van der Waals surface area contributed by atoms with Gasteiger partial charge in [0, 0.05) is 5.56 Å². The lowest BCUT2D eigenvalue weighted by molar-refractivity contribution is -0.142. The summed E-state index contributed by atoms with van der Waals surface area (Å²) in [6.07, 6.45) is 6.62. The first-order valence-corrected chi connectivity index (χ1v) is 14.3. The lowest BCUT2D eigenvalue weighted by Crippen LogP contribution is -2.24. The molecule has 2 aromatic rings. The molecule has 1 unspecified atom stereocenters. The van der Waals surface area contributed by atoms with E-state index in [1.807, 2.05) is 0 Å². The minimum atomic E-state index is -5.12. The van der Waals surface area contributed by atoms with Gasteiger partial charge in [-0.25, -0.2) is 17.6 Å². The fourth-order valence-electron chi connectivity index (χ4n) is 7.28. The Bertz CT molecular complexity index is 1170. The van der Waals surface area contributed by atoms with Crippen LogP contribution in [0.4, 0.5) is 30.7 Å². The lowest BCUT2D eigenvalue weighted by atomic mass is 9.68. The summed E-state index contributed by atoms with van der Waals surface area (Å²) in [5.41, 5.74) is -0.681. The first kappa shape index (κ1) is 28.2. The monoisotopic (exact) mass is 552 g/mol. The van der Waals surface area contributed by atoms with Crippen LogP contribution in [0.2, 0.25) is 0 Å². The van der Waals surface area contributed by atoms with Gasteiger partial charge in [0.05, 0.1) is 0 Å². The van der Waals surface area contributed by atoms with Crippen LogP contribution in [-0.4, -0.2) is 0 Å². The third-order valence-electron chi connectivity index (χ3n) is 9.59. The molecule has 0 bridgehead atoms. The number of halogens is 7. The minimum Gasteiger partial charge on any atom is -0.206 e. The summed E-state index contributed by atoms with van der Waals surface area (Å²) in [6, 6.07) is 4.35. The molecule has 0 radical (unpaired) electrons. The summed E-state index contributed by atoms with van der Waals surface area (Å²) in [6.45, 7) is 2.32. The van der Waals surface area contributed by atoms with Crippen molar-refractivity contribution >= 4 is 5.57 Å². The molecular weight excluding hydrogens is 517 g/mol. The van der Waals surface area contributed by atoms with Gasteiger partial charge in [-0.05, 0) is 128 Å². The second kappa shape index (κ2) is 11.3. The predicted molar refractivity (Wildman–Crippen MR) is 138 cm³/mol. The lowest BCUT2D eigenvalue weighted by Gasteiger charge is -2.37. The third kappa shape index (κ3) is 6.07. The van der Waals surface area contributed by atoms with E-state index in [-0.39, 0.29) is 29.9 Å². The Labute approximate surface area is 225 Å². The average molecular weight is 553 g/mol. The average Bonchev–Trinajstić information content (AvgIpc) is 2.88. The zero-order valence-electron chi connectivity index (χ0n) is 22.2. The first-order valence-electron chi connectivity index (χ1n) is 14.3. The van der Waals surface area contributed by atoms with Gasteiger partial charge < -0.3 is 0 Å². The van der Waals surface area contributed by atoms with Crippen molar-refractivity contribution in [1.82, 2.24) is 0 Å². The van der Waals surface area contributed by atoms with Crippen LogP contribution in [0, 0.1) is 41.0 Å². The van der Waals surface area contributed by atoms with Crippen molar-refractivity contribution < 1.29 is 30.7 Å². The molecule has 0 heterocycles. The highest BCUT2D eigenvalue weighted by molar-refractivity contribution is 5.68. The Balaban J connectivity index is 1.25. The molecule has 0 aromatic heterocycles. The summed E-state index contributed by atoms with van der Waals surface area (Å²) in [7, 11) is 0. The molecule has 0 amide bonds. The molecule has 212 valence electrons. The maximum atomic E-state index is 15.3. The molecule has 0 nitrogen and oxygen atoms in total. The SMILES string of the molecule is CC1CCC(C2CCC(c3cc(F)c(C4=CCC(c5cc(F)c(C(F)(F)F)c(F)c5)CC4)c(F)c3)CC2)CC1. The molecule has 39 heavy (non-hydrogen) atoms. The fraction of sp³-hybridized carbons (Fsp3) is 0.562. The fourth-order valence-corrected chi connectivity index (χ4v) is 7.28. The molecule has 1 atom stereocenters. The number of hydrogen-bond acceptors (Lipinski definition) is 0. The van der Waals surface area contributed by atoms with E-state index in [1.165, 1.54) is 37.8 Å². The Hall–Kier alpha value is -2.31. The number of hydrogen-bond donors (Lipinski definition) is 0. The van der Waals surface area contributed by atoms with Crippen LogP contribution in [0.15, 0.2) is 30.3 Å². The van der Waals surface area contributed by atoms with Crippen molar-refractivity contribution in [2.45, 2.75) is 95.6 Å². The maximum Gasteiger partial charge on any atom is 0.422 e. The van der Waals surface area contributed by atoms with Crippen molar-refractivity contribution in [1.29, 1.82) is 0 Å². The summed E-state index contributed by atoms with van der Waals surface area (Å²) >= 11 is 0. The van der Waals surface area contributed by atoms with Crippen molar-refractivity contribution in [2.24, 2.45) is 17.8 Å². The van der Waals surface area contributed by atoms with Crippen molar-refractivity contribution in [3.8, 4) is 0 Å². The van der Waals surface area contributed by atoms with E-state index in [9.17, 15) is 22.0 Å². The van der Waals surface area contributed by atoms with Crippen molar-refractivity contribution in [2.75, 3.05) is 0 Å². The minimum absolute atomic E-state index is 0.0769. The topological polar surface area (TPSA) is 0 Å². The third-order valence-corrected chi connectivity index (χ3v) is 9.59. The van der Waals surface area contributed by atoms with E-state index < -0.39 is 40.9 Å². The predicted octanol–water partition coefficient (Wildman–Crippen LogP) is 10.7. The highest BCUT2D eigenvalue weighted by Crippen LogP contribution is 2.45. The van der Waals surface area contributed by atoms with Gasteiger partial charge in [-0.2, -0.15) is 13.2 Å². The normalized spacial score (nSPS) is 28.3. The van der Waals surface area contributed by atoms with Gasteiger partial charge in [0.2, 0.25) is 0 Å². The van der Waals surface area contributed by atoms with Gasteiger partial charge in [0.25, 0.3) is 0 Å². The quantitative estimate of drug-likeness (QED) is 0.331. The zero-order valence-corrected chi connectivity index (χ0v) is 22.2. The van der Waals surface area contributed by atoms with E-state index in [0.29, 0.717) is 17.6 Å². The van der Waals surface area contributed by atoms with Crippen molar-refractivity contribution in [3.05, 3.63) is 75.9 Å². The summed E-state index contributed by atoms with van der Waals surface area (Å²) in [5, 5.41) is 0. The molecule has 0 spiro atoms. The molecule has 0 aliphatic heterocycles. The standard InChI is InChI=1S/C32H35F7/c1-18-2-4-19(5-3-18)20-6-8-21(9-7-20)24-14-26(33)30(27(34)15-24)23-12-10-22(11-13-23)25-16-28(35)31(29(36)17-25)32(37,38)39/h12,14-22H,2-11,13H2,1H3. The molecular formula is C32H35F7. The molecule has 2 aromatic carbocycles. The molecule has 3 aliphatic carbocycles. The van der Waals surface area contributed by atoms with Gasteiger partial charge in [-0.15, -0.1) is 0 Å². The van der Waals surface area contributed by atoms with Gasteiger partial charge >= 0.3 is 6.18 Å². The van der Waals surface area contributed by atoms with Crippen LogP contribution in [0.3, 0.4) is 0 Å². The Morgan fingerprint density at radius 1 is 0.615 bits per heavy atom.